The lowest BCUT2D eigenvalue weighted by Crippen LogP contribution is -2.50. The van der Waals surface area contributed by atoms with Crippen LogP contribution in [0.4, 0.5) is 8.78 Å². The van der Waals surface area contributed by atoms with Crippen LogP contribution >= 0.6 is 0 Å². The van der Waals surface area contributed by atoms with Crippen LogP contribution in [0.15, 0.2) is 18.2 Å². The molecular formula is C16H22F2N2O2. The molecule has 0 aliphatic carbocycles. The summed E-state index contributed by atoms with van der Waals surface area (Å²) in [6.07, 6.45) is 1.23. The van der Waals surface area contributed by atoms with E-state index >= 15 is 0 Å². The second-order valence-electron chi connectivity index (χ2n) is 6.20. The zero-order valence-corrected chi connectivity index (χ0v) is 13.0. The lowest BCUT2D eigenvalue weighted by molar-refractivity contribution is -0.136. The van der Waals surface area contributed by atoms with Crippen LogP contribution in [-0.4, -0.2) is 53.6 Å². The summed E-state index contributed by atoms with van der Waals surface area (Å²) < 4.78 is 27.4. The number of carbonyl (C=O) groups is 1. The highest BCUT2D eigenvalue weighted by atomic mass is 19.1. The lowest BCUT2D eigenvalue weighted by Gasteiger charge is -2.39. The monoisotopic (exact) mass is 312 g/mol. The molecule has 0 aromatic heterocycles. The fourth-order valence-corrected chi connectivity index (χ4v) is 2.83. The summed E-state index contributed by atoms with van der Waals surface area (Å²) in [5.41, 5.74) is -1.13. The molecule has 1 fully saturated rings. The van der Waals surface area contributed by atoms with Crippen molar-refractivity contribution in [3.63, 3.8) is 0 Å². The highest BCUT2D eigenvalue weighted by Crippen LogP contribution is 2.27. The van der Waals surface area contributed by atoms with E-state index in [0.29, 0.717) is 19.4 Å². The zero-order valence-electron chi connectivity index (χ0n) is 13.0. The molecular weight excluding hydrogens is 290 g/mol. The van der Waals surface area contributed by atoms with Gasteiger partial charge in [-0.25, -0.2) is 8.78 Å². The molecule has 1 atom stereocenters. The van der Waals surface area contributed by atoms with E-state index in [9.17, 15) is 18.7 Å². The predicted octanol–water partition coefficient (Wildman–Crippen LogP) is 1.77. The Morgan fingerprint density at radius 1 is 1.36 bits per heavy atom. The number of amides is 1. The Hall–Kier alpha value is -1.53. The van der Waals surface area contributed by atoms with Crippen LogP contribution < -0.4 is 0 Å². The highest BCUT2D eigenvalue weighted by molar-refractivity contribution is 5.76. The first-order valence-corrected chi connectivity index (χ1v) is 7.38. The summed E-state index contributed by atoms with van der Waals surface area (Å²) in [5, 5.41) is 10.6. The number of rotatable bonds is 4. The molecule has 1 aromatic rings. The molecule has 122 valence electrons. The Kier molecular flexibility index (Phi) is 5.13. The van der Waals surface area contributed by atoms with Gasteiger partial charge in [0.15, 0.2) is 0 Å². The predicted molar refractivity (Wildman–Crippen MR) is 79.1 cm³/mol. The first-order valence-electron chi connectivity index (χ1n) is 7.38. The van der Waals surface area contributed by atoms with Crippen LogP contribution in [0.3, 0.4) is 0 Å². The number of piperidine rings is 1. The number of benzene rings is 1. The molecule has 2 rings (SSSR count). The van der Waals surface area contributed by atoms with E-state index in [-0.39, 0.29) is 31.0 Å². The largest absolute Gasteiger partial charge is 0.388 e. The van der Waals surface area contributed by atoms with Gasteiger partial charge in [-0.15, -0.1) is 0 Å². The van der Waals surface area contributed by atoms with Gasteiger partial charge in [0.05, 0.1) is 12.0 Å². The van der Waals surface area contributed by atoms with E-state index in [1.165, 1.54) is 23.1 Å². The van der Waals surface area contributed by atoms with Crippen LogP contribution in [0.2, 0.25) is 0 Å². The highest BCUT2D eigenvalue weighted by Gasteiger charge is 2.36. The number of aliphatic hydroxyl groups is 1. The Morgan fingerprint density at radius 2 is 2.00 bits per heavy atom. The summed E-state index contributed by atoms with van der Waals surface area (Å²) >= 11 is 0. The maximum Gasteiger partial charge on any atom is 0.224 e. The number of nitrogens with zero attached hydrogens (tertiary/aromatic N) is 2. The topological polar surface area (TPSA) is 43.8 Å². The van der Waals surface area contributed by atoms with Crippen molar-refractivity contribution in [1.29, 1.82) is 0 Å². The van der Waals surface area contributed by atoms with E-state index in [0.717, 1.165) is 0 Å². The minimum Gasteiger partial charge on any atom is -0.388 e. The number of carbonyl (C=O) groups excluding carboxylic acids is 1. The van der Waals surface area contributed by atoms with Crippen molar-refractivity contribution >= 4 is 5.91 Å². The molecule has 1 N–H and O–H groups in total. The van der Waals surface area contributed by atoms with Gasteiger partial charge in [-0.05, 0) is 31.5 Å². The first-order chi connectivity index (χ1) is 10.3. The number of likely N-dealkylation sites (tertiary alicyclic amines) is 1. The van der Waals surface area contributed by atoms with Crippen molar-refractivity contribution in [3.05, 3.63) is 35.4 Å². The van der Waals surface area contributed by atoms with Crippen LogP contribution in [0.1, 0.15) is 24.8 Å². The van der Waals surface area contributed by atoms with E-state index in [1.54, 1.807) is 19.0 Å². The second kappa shape index (κ2) is 6.71. The van der Waals surface area contributed by atoms with E-state index in [4.69, 9.17) is 0 Å². The van der Waals surface area contributed by atoms with Gasteiger partial charge < -0.3 is 10.0 Å². The van der Waals surface area contributed by atoms with E-state index in [1.807, 2.05) is 0 Å². The molecule has 0 spiro atoms. The van der Waals surface area contributed by atoms with Gasteiger partial charge in [-0.2, -0.15) is 0 Å². The number of halogens is 2. The van der Waals surface area contributed by atoms with Gasteiger partial charge >= 0.3 is 0 Å². The smallest absolute Gasteiger partial charge is 0.224 e. The summed E-state index contributed by atoms with van der Waals surface area (Å²) in [6.45, 7) is 0.976. The molecule has 4 nitrogen and oxygen atoms in total. The molecule has 1 unspecified atom stereocenters. The van der Waals surface area contributed by atoms with Gasteiger partial charge in [-0.3, -0.25) is 9.69 Å². The molecule has 0 radical (unpaired) electrons. The third kappa shape index (κ3) is 4.01. The van der Waals surface area contributed by atoms with Crippen molar-refractivity contribution < 1.29 is 18.7 Å². The van der Waals surface area contributed by atoms with Crippen LogP contribution in [0, 0.1) is 11.6 Å². The average molecular weight is 312 g/mol. The van der Waals surface area contributed by atoms with Crippen molar-refractivity contribution in [1.82, 2.24) is 9.80 Å². The van der Waals surface area contributed by atoms with Gasteiger partial charge in [-0.1, -0.05) is 6.07 Å². The quantitative estimate of drug-likeness (QED) is 0.921. The Morgan fingerprint density at radius 3 is 2.59 bits per heavy atom. The SMILES string of the molecule is CN(C)C(=O)CC1(O)CCCN(Cc2c(F)cccc2F)C1. The standard InChI is InChI=1S/C16H22F2N2O2/c1-19(2)15(21)9-16(22)7-4-8-20(11-16)10-12-13(17)5-3-6-14(12)18/h3,5-6,22H,4,7-11H2,1-2H3. The lowest BCUT2D eigenvalue weighted by atomic mass is 9.89. The summed E-state index contributed by atoms with van der Waals surface area (Å²) in [7, 11) is 3.28. The van der Waals surface area contributed by atoms with Crippen molar-refractivity contribution in [2.75, 3.05) is 27.2 Å². The number of hydrogen-bond donors (Lipinski definition) is 1. The minimum atomic E-state index is -1.14. The Labute approximate surface area is 129 Å². The maximum absolute atomic E-state index is 13.7. The van der Waals surface area contributed by atoms with Crippen LogP contribution in [0.5, 0.6) is 0 Å². The number of β-amino-alcohol motifs (C(OH)–C–C–N with tert-alkyl or cyclic N) is 1. The van der Waals surface area contributed by atoms with Crippen molar-refractivity contribution in [2.45, 2.75) is 31.4 Å². The minimum absolute atomic E-state index is 0.00526. The normalized spacial score (nSPS) is 22.6. The molecule has 22 heavy (non-hydrogen) atoms. The van der Waals surface area contributed by atoms with Crippen molar-refractivity contribution in [2.24, 2.45) is 0 Å². The van der Waals surface area contributed by atoms with Gasteiger partial charge in [0, 0.05) is 32.7 Å². The third-order valence-corrected chi connectivity index (χ3v) is 4.06. The zero-order chi connectivity index (χ0) is 16.3. The molecule has 1 aliphatic heterocycles. The van der Waals surface area contributed by atoms with Crippen LogP contribution in [0.25, 0.3) is 0 Å². The Bertz CT molecular complexity index is 531. The molecule has 1 amide bonds. The molecule has 0 saturated carbocycles. The van der Waals surface area contributed by atoms with Crippen LogP contribution in [-0.2, 0) is 11.3 Å². The van der Waals surface area contributed by atoms with E-state index in [2.05, 4.69) is 0 Å². The van der Waals surface area contributed by atoms with Gasteiger partial charge in [0.1, 0.15) is 11.6 Å². The third-order valence-electron chi connectivity index (χ3n) is 4.06. The molecule has 6 heteroatoms. The summed E-state index contributed by atoms with van der Waals surface area (Å²) in [4.78, 5) is 15.1. The fraction of sp³-hybridized carbons (Fsp3) is 0.562. The Balaban J connectivity index is 2.06. The van der Waals surface area contributed by atoms with Crippen molar-refractivity contribution in [3.8, 4) is 0 Å². The molecule has 1 heterocycles. The second-order valence-corrected chi connectivity index (χ2v) is 6.20. The summed E-state index contributed by atoms with van der Waals surface area (Å²) in [5.74, 6) is -1.32. The average Bonchev–Trinajstić information content (AvgIpc) is 2.42. The fourth-order valence-electron chi connectivity index (χ4n) is 2.83. The molecule has 1 saturated heterocycles. The molecule has 1 aliphatic rings. The number of hydrogen-bond acceptors (Lipinski definition) is 3. The summed E-state index contributed by atoms with van der Waals surface area (Å²) in [6, 6.07) is 3.78. The van der Waals surface area contributed by atoms with E-state index < -0.39 is 17.2 Å². The van der Waals surface area contributed by atoms with Gasteiger partial charge in [0.25, 0.3) is 0 Å². The van der Waals surface area contributed by atoms with Gasteiger partial charge in [0.2, 0.25) is 5.91 Å². The maximum atomic E-state index is 13.7. The molecule has 0 bridgehead atoms. The molecule has 1 aromatic carbocycles. The first kappa shape index (κ1) is 16.8.